The topological polar surface area (TPSA) is 118 Å². The van der Waals surface area contributed by atoms with Crippen molar-refractivity contribution in [2.75, 3.05) is 27.4 Å². The molecule has 0 unspecified atom stereocenters. The van der Waals surface area contributed by atoms with Crippen molar-refractivity contribution in [3.63, 3.8) is 0 Å². The second-order valence-electron chi connectivity index (χ2n) is 10.8. The Hall–Kier alpha value is -2.86. The van der Waals surface area contributed by atoms with Crippen LogP contribution in [0, 0.1) is 0 Å². The summed E-state index contributed by atoms with van der Waals surface area (Å²) in [5, 5.41) is 1.99. The first kappa shape index (κ1) is 33.6. The van der Waals surface area contributed by atoms with Gasteiger partial charge < -0.3 is 19.3 Å². The fourth-order valence-corrected chi connectivity index (χ4v) is 6.97. The number of allylic oxidation sites excluding steroid dienone is 1. The number of fused-ring (bicyclic) bond motifs is 1. The van der Waals surface area contributed by atoms with Crippen LogP contribution in [0.3, 0.4) is 0 Å². The van der Waals surface area contributed by atoms with E-state index in [1.807, 2.05) is 20.0 Å². The summed E-state index contributed by atoms with van der Waals surface area (Å²) in [5.41, 5.74) is 1.44. The van der Waals surface area contributed by atoms with Crippen LogP contribution < -0.4 is 10.7 Å². The van der Waals surface area contributed by atoms with E-state index < -0.39 is 0 Å². The number of carbonyl (C=O) groups is 4. The maximum absolute atomic E-state index is 13.0. The van der Waals surface area contributed by atoms with Gasteiger partial charge in [-0.2, -0.15) is 0 Å². The van der Waals surface area contributed by atoms with Crippen molar-refractivity contribution in [3.8, 4) is 0 Å². The van der Waals surface area contributed by atoms with Gasteiger partial charge in [0.2, 0.25) is 6.41 Å². The van der Waals surface area contributed by atoms with Gasteiger partial charge in [-0.1, -0.05) is 35.4 Å². The molecule has 0 atom stereocenters. The molecular formula is C30H42N4O6S2. The highest BCUT2D eigenvalue weighted by molar-refractivity contribution is 8.78. The molecule has 1 aliphatic carbocycles. The molecule has 12 heteroatoms. The summed E-state index contributed by atoms with van der Waals surface area (Å²) in [5.74, 6) is -0.719. The lowest BCUT2D eigenvalue weighted by Crippen LogP contribution is -2.41. The summed E-state index contributed by atoms with van der Waals surface area (Å²) >= 11 is 0. The molecule has 1 saturated carbocycles. The average Bonchev–Trinajstić information content (AvgIpc) is 3.45. The number of ether oxygens (including phenoxy) is 2. The number of esters is 2. The van der Waals surface area contributed by atoms with Gasteiger partial charge in [0.05, 0.1) is 17.3 Å². The molecule has 0 N–H and O–H groups in total. The highest BCUT2D eigenvalue weighted by Gasteiger charge is 2.29. The quantitative estimate of drug-likeness (QED) is 0.164. The smallest absolute Gasteiger partial charge is 0.306 e. The molecule has 0 bridgehead atoms. The lowest BCUT2D eigenvalue weighted by molar-refractivity contribution is -0.151. The number of rotatable bonds is 15. The van der Waals surface area contributed by atoms with Crippen LogP contribution in [0.2, 0.25) is 0 Å². The van der Waals surface area contributed by atoms with E-state index in [0.717, 1.165) is 40.6 Å². The Morgan fingerprint density at radius 1 is 1.02 bits per heavy atom. The van der Waals surface area contributed by atoms with Gasteiger partial charge in [0.1, 0.15) is 12.8 Å². The largest absolute Gasteiger partial charge is 0.465 e. The highest BCUT2D eigenvalue weighted by Crippen LogP contribution is 2.37. The van der Waals surface area contributed by atoms with Crippen LogP contribution in [-0.2, 0) is 23.9 Å². The first-order valence-corrected chi connectivity index (χ1v) is 16.6. The van der Waals surface area contributed by atoms with E-state index in [4.69, 9.17) is 9.47 Å². The van der Waals surface area contributed by atoms with Crippen LogP contribution in [0.1, 0.15) is 82.5 Å². The molecule has 0 aromatic heterocycles. The van der Waals surface area contributed by atoms with E-state index >= 15 is 0 Å². The summed E-state index contributed by atoms with van der Waals surface area (Å²) < 4.78 is 11.0. The number of amides is 2. The second kappa shape index (κ2) is 16.7. The molecule has 1 aromatic rings. The number of hydrogen-bond donors (Lipinski definition) is 0. The van der Waals surface area contributed by atoms with Crippen molar-refractivity contribution in [1.29, 1.82) is 0 Å². The van der Waals surface area contributed by atoms with Crippen molar-refractivity contribution in [2.45, 2.75) is 89.5 Å². The molecule has 0 spiro atoms. The van der Waals surface area contributed by atoms with Crippen molar-refractivity contribution in [1.82, 2.24) is 9.80 Å². The molecule has 0 radical (unpaired) electrons. The fraction of sp³-hybridized carbons (Fsp3) is 0.600. The van der Waals surface area contributed by atoms with Crippen LogP contribution in [-0.4, -0.2) is 78.8 Å². The van der Waals surface area contributed by atoms with Gasteiger partial charge in [-0.05, 0) is 57.2 Å². The van der Waals surface area contributed by atoms with E-state index in [2.05, 4.69) is 23.8 Å². The Bertz CT molecular complexity index is 1280. The van der Waals surface area contributed by atoms with Gasteiger partial charge in [-0.25, -0.2) is 0 Å². The van der Waals surface area contributed by atoms with Crippen molar-refractivity contribution in [2.24, 2.45) is 9.98 Å². The van der Waals surface area contributed by atoms with Crippen molar-refractivity contribution >= 4 is 45.8 Å². The molecular weight excluding hydrogens is 576 g/mol. The van der Waals surface area contributed by atoms with E-state index in [-0.39, 0.29) is 49.4 Å². The van der Waals surface area contributed by atoms with E-state index in [9.17, 15) is 19.2 Å². The second-order valence-corrected chi connectivity index (χ2v) is 13.6. The van der Waals surface area contributed by atoms with Crippen molar-refractivity contribution in [3.05, 3.63) is 45.1 Å². The lowest BCUT2D eigenvalue weighted by atomic mass is 9.91. The van der Waals surface area contributed by atoms with Gasteiger partial charge in [0.15, 0.2) is 0 Å². The minimum atomic E-state index is -0.357. The fourth-order valence-electron chi connectivity index (χ4n) is 4.69. The molecule has 3 rings (SSSR count). The normalized spacial score (nSPS) is 18.2. The van der Waals surface area contributed by atoms with E-state index in [1.165, 1.54) is 4.90 Å². The molecule has 2 amide bonds. The summed E-state index contributed by atoms with van der Waals surface area (Å²) in [6.07, 6.45) is 4.64. The lowest BCUT2D eigenvalue weighted by Gasteiger charge is -2.34. The average molecular weight is 619 g/mol. The third kappa shape index (κ3) is 10.1. The molecule has 1 aliphatic heterocycles. The molecule has 230 valence electrons. The van der Waals surface area contributed by atoms with Crippen LogP contribution >= 0.6 is 21.6 Å². The van der Waals surface area contributed by atoms with Gasteiger partial charge in [0, 0.05) is 60.8 Å². The first-order chi connectivity index (χ1) is 20.1. The third-order valence-electron chi connectivity index (χ3n) is 7.30. The molecule has 42 heavy (non-hydrogen) atoms. The maximum Gasteiger partial charge on any atom is 0.306 e. The Kier molecular flexibility index (Phi) is 13.4. The summed E-state index contributed by atoms with van der Waals surface area (Å²) in [7, 11) is 6.80. The van der Waals surface area contributed by atoms with Gasteiger partial charge in [-0.15, -0.1) is 0 Å². The predicted molar refractivity (Wildman–Crippen MR) is 164 cm³/mol. The van der Waals surface area contributed by atoms with E-state index in [0.29, 0.717) is 43.2 Å². The van der Waals surface area contributed by atoms with Gasteiger partial charge >= 0.3 is 11.9 Å². The number of benzene rings is 1. The minimum Gasteiger partial charge on any atom is -0.465 e. The Morgan fingerprint density at radius 3 is 2.40 bits per heavy atom. The molecule has 0 saturated heterocycles. The summed E-state index contributed by atoms with van der Waals surface area (Å²) in [4.78, 5) is 61.6. The highest BCUT2D eigenvalue weighted by atomic mass is 33.1. The summed E-state index contributed by atoms with van der Waals surface area (Å²) in [6.45, 7) is 6.69. The Labute approximate surface area is 255 Å². The zero-order chi connectivity index (χ0) is 30.6. The standard InChI is InChI=1S/C30H42N4O6S2/c1-20(2)41-42-27(21(3)33(4)19-35)15-16-39-28(36)7-6-8-29(37)40-24-12-10-23(11-13-24)34(5)30(38)22-9-14-25-26(17-22)32-18-31-25/h9,14,17,19-20,23-24H,6-8,10-13,15-16,18H2,1-5H3/b27-21-. The molecule has 2 aliphatic rings. The predicted octanol–water partition coefficient (Wildman–Crippen LogP) is 4.04. The number of nitrogens with zero attached hydrogens (tertiary/aromatic N) is 4. The van der Waals surface area contributed by atoms with Crippen LogP contribution in [0.4, 0.5) is 0 Å². The van der Waals surface area contributed by atoms with Gasteiger partial charge in [-0.3, -0.25) is 29.2 Å². The minimum absolute atomic E-state index is 0.0453. The molecule has 1 heterocycles. The zero-order valence-electron chi connectivity index (χ0n) is 25.2. The Balaban J connectivity index is 1.33. The first-order valence-electron chi connectivity index (χ1n) is 14.4. The molecule has 1 fully saturated rings. The van der Waals surface area contributed by atoms with Gasteiger partial charge in [0.25, 0.3) is 5.91 Å². The SMILES string of the molecule is C/C(=C(\CCOC(=O)CCCC(=O)OC1CCC(N(C)C(=O)c2ccc3c(c2)=NCN=3)CC1)SSC(C)C)N(C)C=O. The zero-order valence-corrected chi connectivity index (χ0v) is 26.8. The third-order valence-corrected chi connectivity index (χ3v) is 10.5. The van der Waals surface area contributed by atoms with Crippen LogP contribution in [0.15, 0.2) is 38.8 Å². The molecule has 10 nitrogen and oxygen atoms in total. The number of carbonyl (C=O) groups excluding carboxylic acids is 4. The maximum atomic E-state index is 13.0. The Morgan fingerprint density at radius 2 is 1.71 bits per heavy atom. The van der Waals surface area contributed by atoms with Crippen LogP contribution in [0.5, 0.6) is 0 Å². The molecule has 1 aromatic carbocycles. The van der Waals surface area contributed by atoms with Crippen LogP contribution in [0.25, 0.3) is 0 Å². The van der Waals surface area contributed by atoms with Crippen molar-refractivity contribution < 1.29 is 28.7 Å². The monoisotopic (exact) mass is 618 g/mol. The summed E-state index contributed by atoms with van der Waals surface area (Å²) in [6, 6.07) is 5.50. The van der Waals surface area contributed by atoms with E-state index in [1.54, 1.807) is 45.7 Å². The number of hydrogen-bond acceptors (Lipinski definition) is 10.